The summed E-state index contributed by atoms with van der Waals surface area (Å²) >= 11 is 12.1. The molecule has 0 fully saturated rings. The Morgan fingerprint density at radius 3 is 2.07 bits per heavy atom. The van der Waals surface area contributed by atoms with E-state index >= 15 is 0 Å². The first-order valence-corrected chi connectivity index (χ1v) is 9.61. The third kappa shape index (κ3) is 3.90. The van der Waals surface area contributed by atoms with Crippen molar-refractivity contribution in [1.29, 1.82) is 0 Å². The zero-order valence-corrected chi connectivity index (χ0v) is 16.7. The monoisotopic (exact) mass is 423 g/mol. The van der Waals surface area contributed by atoms with E-state index in [0.29, 0.717) is 28.6 Å². The van der Waals surface area contributed by atoms with Crippen LogP contribution in [0.25, 0.3) is 5.57 Å². The van der Waals surface area contributed by atoms with Gasteiger partial charge in [0.25, 0.3) is 11.8 Å². The number of ether oxygens (including phenoxy) is 1. The first kappa shape index (κ1) is 19.2. The summed E-state index contributed by atoms with van der Waals surface area (Å²) in [5.74, 6) is -0.395. The number of carbonyl (C=O) groups is 2. The third-order valence-corrected chi connectivity index (χ3v) is 5.11. The van der Waals surface area contributed by atoms with Gasteiger partial charge in [-0.2, -0.15) is 0 Å². The maximum absolute atomic E-state index is 12.9. The lowest BCUT2D eigenvalue weighted by Crippen LogP contribution is -2.31. The normalized spacial score (nSPS) is 13.9. The standard InChI is InChI=1S/C23H15Cl2NO3/c24-17-8-6-16(7-9-17)20-21(25)23(28)26(22(20)27)18-10-12-19(13-11-18)29-14-15-4-2-1-3-5-15/h1-13H,14H2. The molecule has 0 aliphatic carbocycles. The van der Waals surface area contributed by atoms with Gasteiger partial charge in [0, 0.05) is 5.02 Å². The van der Waals surface area contributed by atoms with Crippen LogP contribution in [0.15, 0.2) is 83.9 Å². The van der Waals surface area contributed by atoms with Crippen LogP contribution < -0.4 is 9.64 Å². The molecule has 0 aromatic heterocycles. The predicted octanol–water partition coefficient (Wildman–Crippen LogP) is 5.44. The minimum atomic E-state index is -0.556. The Kier molecular flexibility index (Phi) is 5.38. The highest BCUT2D eigenvalue weighted by molar-refractivity contribution is 6.60. The van der Waals surface area contributed by atoms with Gasteiger partial charge in [0.05, 0.1) is 11.3 Å². The summed E-state index contributed by atoms with van der Waals surface area (Å²) in [6, 6.07) is 23.1. The molecule has 0 saturated carbocycles. The molecule has 0 unspecified atom stereocenters. The molecule has 0 radical (unpaired) electrons. The maximum atomic E-state index is 12.9. The smallest absolute Gasteiger partial charge is 0.277 e. The second-order valence-corrected chi connectivity index (χ2v) is 7.22. The molecule has 0 saturated heterocycles. The number of halogens is 2. The van der Waals surface area contributed by atoms with Crippen LogP contribution in [0.4, 0.5) is 5.69 Å². The molecular weight excluding hydrogens is 409 g/mol. The van der Waals surface area contributed by atoms with Crippen LogP contribution in [0.2, 0.25) is 5.02 Å². The minimum Gasteiger partial charge on any atom is -0.489 e. The average molecular weight is 424 g/mol. The van der Waals surface area contributed by atoms with E-state index in [1.165, 1.54) is 0 Å². The Morgan fingerprint density at radius 2 is 1.41 bits per heavy atom. The molecule has 0 spiro atoms. The number of amides is 2. The largest absolute Gasteiger partial charge is 0.489 e. The molecule has 1 aliphatic heterocycles. The van der Waals surface area contributed by atoms with Gasteiger partial charge < -0.3 is 4.74 Å². The van der Waals surface area contributed by atoms with Crippen LogP contribution in [0.3, 0.4) is 0 Å². The van der Waals surface area contributed by atoms with Crippen LogP contribution in [-0.2, 0) is 16.2 Å². The Hall–Kier alpha value is -3.08. The summed E-state index contributed by atoms with van der Waals surface area (Å²) in [4.78, 5) is 26.6. The number of nitrogens with zero attached hydrogens (tertiary/aromatic N) is 1. The van der Waals surface area contributed by atoms with Crippen molar-refractivity contribution in [3.05, 3.63) is 100 Å². The molecule has 0 N–H and O–H groups in total. The van der Waals surface area contributed by atoms with Gasteiger partial charge in [0.15, 0.2) is 0 Å². The fraction of sp³-hybridized carbons (Fsp3) is 0.0435. The van der Waals surface area contributed by atoms with Crippen molar-refractivity contribution >= 4 is 46.3 Å². The van der Waals surface area contributed by atoms with E-state index in [9.17, 15) is 9.59 Å². The molecule has 0 bridgehead atoms. The van der Waals surface area contributed by atoms with Crippen molar-refractivity contribution in [3.63, 3.8) is 0 Å². The van der Waals surface area contributed by atoms with E-state index in [0.717, 1.165) is 10.5 Å². The number of anilines is 1. The lowest BCUT2D eigenvalue weighted by atomic mass is 10.1. The third-order valence-electron chi connectivity index (χ3n) is 4.50. The van der Waals surface area contributed by atoms with Gasteiger partial charge >= 0.3 is 0 Å². The number of benzene rings is 3. The van der Waals surface area contributed by atoms with Crippen molar-refractivity contribution in [2.75, 3.05) is 4.90 Å². The molecule has 0 atom stereocenters. The number of carbonyl (C=O) groups excluding carboxylic acids is 2. The highest BCUT2D eigenvalue weighted by Crippen LogP contribution is 2.35. The SMILES string of the molecule is O=C1C(Cl)=C(c2ccc(Cl)cc2)C(=O)N1c1ccc(OCc2ccccc2)cc1. The Balaban J connectivity index is 1.52. The summed E-state index contributed by atoms with van der Waals surface area (Å²) in [6.45, 7) is 0.426. The number of hydrogen-bond donors (Lipinski definition) is 0. The van der Waals surface area contributed by atoms with Crippen molar-refractivity contribution in [3.8, 4) is 5.75 Å². The minimum absolute atomic E-state index is 0.110. The molecule has 3 aromatic rings. The van der Waals surface area contributed by atoms with Gasteiger partial charge in [0.1, 0.15) is 17.4 Å². The van der Waals surface area contributed by atoms with E-state index in [-0.39, 0.29) is 10.6 Å². The summed E-state index contributed by atoms with van der Waals surface area (Å²) in [7, 11) is 0. The van der Waals surface area contributed by atoms with E-state index < -0.39 is 11.8 Å². The molecule has 1 heterocycles. The number of imide groups is 1. The van der Waals surface area contributed by atoms with Gasteiger partial charge in [-0.05, 0) is 47.5 Å². The lowest BCUT2D eigenvalue weighted by Gasteiger charge is -2.15. The zero-order chi connectivity index (χ0) is 20.4. The van der Waals surface area contributed by atoms with Crippen LogP contribution in [0, 0.1) is 0 Å². The van der Waals surface area contributed by atoms with E-state index in [4.69, 9.17) is 27.9 Å². The number of rotatable bonds is 5. The van der Waals surface area contributed by atoms with Crippen molar-refractivity contribution < 1.29 is 14.3 Å². The highest BCUT2D eigenvalue weighted by atomic mass is 35.5. The first-order chi connectivity index (χ1) is 14.0. The Morgan fingerprint density at radius 1 is 0.759 bits per heavy atom. The van der Waals surface area contributed by atoms with Gasteiger partial charge in [-0.25, -0.2) is 4.90 Å². The maximum Gasteiger partial charge on any atom is 0.277 e. The fourth-order valence-corrected chi connectivity index (χ4v) is 3.44. The van der Waals surface area contributed by atoms with E-state index in [1.807, 2.05) is 30.3 Å². The molecule has 29 heavy (non-hydrogen) atoms. The lowest BCUT2D eigenvalue weighted by molar-refractivity contribution is -0.119. The molecule has 4 nitrogen and oxygen atoms in total. The van der Waals surface area contributed by atoms with Crippen molar-refractivity contribution in [2.24, 2.45) is 0 Å². The van der Waals surface area contributed by atoms with Gasteiger partial charge in [-0.1, -0.05) is 65.7 Å². The first-order valence-electron chi connectivity index (χ1n) is 8.86. The van der Waals surface area contributed by atoms with Gasteiger partial charge in [-0.3, -0.25) is 9.59 Å². The Labute approximate surface area is 177 Å². The van der Waals surface area contributed by atoms with Crippen molar-refractivity contribution in [2.45, 2.75) is 6.61 Å². The van der Waals surface area contributed by atoms with Crippen LogP contribution in [-0.4, -0.2) is 11.8 Å². The summed E-state index contributed by atoms with van der Waals surface area (Å²) in [5.41, 5.74) is 2.18. The van der Waals surface area contributed by atoms with E-state index in [2.05, 4.69) is 0 Å². The molecule has 2 amide bonds. The van der Waals surface area contributed by atoms with Crippen LogP contribution in [0.1, 0.15) is 11.1 Å². The summed E-state index contributed by atoms with van der Waals surface area (Å²) < 4.78 is 5.75. The van der Waals surface area contributed by atoms with E-state index in [1.54, 1.807) is 48.5 Å². The highest BCUT2D eigenvalue weighted by Gasteiger charge is 2.39. The summed E-state index contributed by atoms with van der Waals surface area (Å²) in [6.07, 6.45) is 0. The molecule has 6 heteroatoms. The average Bonchev–Trinajstić information content (AvgIpc) is 2.97. The number of hydrogen-bond acceptors (Lipinski definition) is 3. The predicted molar refractivity (Wildman–Crippen MR) is 114 cm³/mol. The van der Waals surface area contributed by atoms with Crippen LogP contribution in [0.5, 0.6) is 5.75 Å². The molecule has 1 aliphatic rings. The zero-order valence-electron chi connectivity index (χ0n) is 15.1. The van der Waals surface area contributed by atoms with Crippen LogP contribution >= 0.6 is 23.2 Å². The van der Waals surface area contributed by atoms with Gasteiger partial charge in [-0.15, -0.1) is 0 Å². The Bertz CT molecular complexity index is 1090. The summed E-state index contributed by atoms with van der Waals surface area (Å²) in [5, 5.41) is 0.423. The molecular formula is C23H15Cl2NO3. The van der Waals surface area contributed by atoms with Crippen molar-refractivity contribution in [1.82, 2.24) is 0 Å². The second kappa shape index (κ2) is 8.11. The fourth-order valence-electron chi connectivity index (χ4n) is 3.04. The quantitative estimate of drug-likeness (QED) is 0.513. The molecule has 3 aromatic carbocycles. The topological polar surface area (TPSA) is 46.6 Å². The van der Waals surface area contributed by atoms with Gasteiger partial charge in [0.2, 0.25) is 0 Å². The second-order valence-electron chi connectivity index (χ2n) is 6.41. The molecule has 144 valence electrons. The molecule has 4 rings (SSSR count).